The number of benzene rings is 2. The van der Waals surface area contributed by atoms with Gasteiger partial charge in [-0.05, 0) is 67.5 Å². The van der Waals surface area contributed by atoms with Crippen molar-refractivity contribution < 1.29 is 22.7 Å². The van der Waals surface area contributed by atoms with Crippen LogP contribution in [-0.2, 0) is 21.2 Å². The molecule has 7 nitrogen and oxygen atoms in total. The molecule has 0 aromatic heterocycles. The second-order valence-electron chi connectivity index (χ2n) is 9.26. The average Bonchev–Trinajstić information content (AvgIpc) is 3.52. The second kappa shape index (κ2) is 9.96. The summed E-state index contributed by atoms with van der Waals surface area (Å²) >= 11 is 0. The highest BCUT2D eigenvalue weighted by Gasteiger charge is 2.31. The van der Waals surface area contributed by atoms with E-state index in [1.807, 2.05) is 35.2 Å². The van der Waals surface area contributed by atoms with Crippen molar-refractivity contribution in [1.29, 1.82) is 0 Å². The number of ether oxygens (including phenoxy) is 2. The summed E-state index contributed by atoms with van der Waals surface area (Å²) in [6.07, 6.45) is 5.62. The Hall–Kier alpha value is -2.58. The SMILES string of the molecule is O=C(CCc1ccc(S(=O)(=O)N2CCCC2)cc1)N1CCC[C@@H]1c1ccc2c(c1)OCCCO2. The van der Waals surface area contributed by atoms with E-state index in [0.29, 0.717) is 44.0 Å². The van der Waals surface area contributed by atoms with Crippen molar-refractivity contribution in [2.24, 2.45) is 0 Å². The van der Waals surface area contributed by atoms with Crippen LogP contribution in [0.5, 0.6) is 11.5 Å². The molecule has 0 unspecified atom stereocenters. The lowest BCUT2D eigenvalue weighted by Crippen LogP contribution is -2.30. The zero-order valence-corrected chi connectivity index (χ0v) is 20.3. The quantitative estimate of drug-likeness (QED) is 0.621. The molecule has 0 N–H and O–H groups in total. The van der Waals surface area contributed by atoms with Crippen molar-refractivity contribution in [2.45, 2.75) is 55.9 Å². The van der Waals surface area contributed by atoms with Gasteiger partial charge in [0, 0.05) is 32.5 Å². The van der Waals surface area contributed by atoms with Crippen molar-refractivity contribution in [3.63, 3.8) is 0 Å². The van der Waals surface area contributed by atoms with Gasteiger partial charge < -0.3 is 14.4 Å². The highest BCUT2D eigenvalue weighted by atomic mass is 32.2. The van der Waals surface area contributed by atoms with Crippen LogP contribution in [0.4, 0.5) is 0 Å². The van der Waals surface area contributed by atoms with E-state index in [4.69, 9.17) is 9.47 Å². The summed E-state index contributed by atoms with van der Waals surface area (Å²) in [6, 6.07) is 13.1. The smallest absolute Gasteiger partial charge is 0.243 e. The molecular formula is C26H32N2O5S. The van der Waals surface area contributed by atoms with Gasteiger partial charge in [0.2, 0.25) is 15.9 Å². The second-order valence-corrected chi connectivity index (χ2v) is 11.2. The number of amides is 1. The molecule has 34 heavy (non-hydrogen) atoms. The van der Waals surface area contributed by atoms with Gasteiger partial charge in [-0.25, -0.2) is 8.42 Å². The maximum absolute atomic E-state index is 13.1. The molecule has 1 amide bonds. The zero-order valence-electron chi connectivity index (χ0n) is 19.4. The van der Waals surface area contributed by atoms with Gasteiger partial charge in [0.15, 0.2) is 11.5 Å². The third-order valence-electron chi connectivity index (χ3n) is 6.98. The number of aryl methyl sites for hydroxylation is 1. The van der Waals surface area contributed by atoms with Crippen molar-refractivity contribution in [2.75, 3.05) is 32.8 Å². The first-order valence-electron chi connectivity index (χ1n) is 12.3. The molecule has 2 saturated heterocycles. The minimum absolute atomic E-state index is 0.0534. The number of carbonyl (C=O) groups excluding carboxylic acids is 1. The third kappa shape index (κ3) is 4.79. The molecule has 0 radical (unpaired) electrons. The molecule has 3 aliphatic rings. The Bertz CT molecular complexity index is 1130. The maximum Gasteiger partial charge on any atom is 0.243 e. The lowest BCUT2D eigenvalue weighted by atomic mass is 10.0. The first kappa shape index (κ1) is 23.2. The molecular weight excluding hydrogens is 452 g/mol. The van der Waals surface area contributed by atoms with E-state index in [1.54, 1.807) is 16.4 Å². The Morgan fingerprint density at radius 2 is 1.62 bits per heavy atom. The first-order valence-corrected chi connectivity index (χ1v) is 13.7. The van der Waals surface area contributed by atoms with Crippen LogP contribution in [0.25, 0.3) is 0 Å². The normalized spacial score (nSPS) is 20.9. The Balaban J connectivity index is 1.22. The largest absolute Gasteiger partial charge is 0.490 e. The molecule has 8 heteroatoms. The fourth-order valence-corrected chi connectivity index (χ4v) is 6.62. The molecule has 0 saturated carbocycles. The van der Waals surface area contributed by atoms with Crippen molar-refractivity contribution in [3.8, 4) is 11.5 Å². The van der Waals surface area contributed by atoms with E-state index in [2.05, 4.69) is 0 Å². The molecule has 5 rings (SSSR count). The fraction of sp³-hybridized carbons (Fsp3) is 0.500. The summed E-state index contributed by atoms with van der Waals surface area (Å²) in [5, 5.41) is 0. The topological polar surface area (TPSA) is 76.2 Å². The van der Waals surface area contributed by atoms with Gasteiger partial charge in [-0.2, -0.15) is 4.31 Å². The van der Waals surface area contributed by atoms with E-state index in [0.717, 1.165) is 61.3 Å². The Kier molecular flexibility index (Phi) is 6.79. The fourth-order valence-electron chi connectivity index (χ4n) is 5.10. The molecule has 0 spiro atoms. The summed E-state index contributed by atoms with van der Waals surface area (Å²) in [6.45, 7) is 3.25. The predicted molar refractivity (Wildman–Crippen MR) is 128 cm³/mol. The Morgan fingerprint density at radius 3 is 2.38 bits per heavy atom. The number of hydrogen-bond acceptors (Lipinski definition) is 5. The number of hydrogen-bond donors (Lipinski definition) is 0. The summed E-state index contributed by atoms with van der Waals surface area (Å²) in [5.74, 6) is 1.66. The number of rotatable bonds is 6. The zero-order chi connectivity index (χ0) is 23.5. The van der Waals surface area contributed by atoms with Crippen molar-refractivity contribution in [3.05, 3.63) is 53.6 Å². The van der Waals surface area contributed by atoms with Gasteiger partial charge in [0.05, 0.1) is 24.2 Å². The van der Waals surface area contributed by atoms with Crippen LogP contribution in [0.1, 0.15) is 55.7 Å². The minimum Gasteiger partial charge on any atom is -0.490 e. The highest BCUT2D eigenvalue weighted by Crippen LogP contribution is 2.38. The maximum atomic E-state index is 13.1. The van der Waals surface area contributed by atoms with E-state index >= 15 is 0 Å². The molecule has 2 aromatic carbocycles. The summed E-state index contributed by atoms with van der Waals surface area (Å²) in [7, 11) is -3.41. The van der Waals surface area contributed by atoms with Gasteiger partial charge >= 0.3 is 0 Å². The first-order chi connectivity index (χ1) is 16.5. The standard InChI is InChI=1S/C26H32N2O5S/c29-26(13-8-20-6-10-22(11-7-20)34(30,31)27-14-1-2-15-27)28-16-3-5-23(28)21-9-12-24-25(19-21)33-18-4-17-32-24/h6-7,9-12,19,23H,1-5,8,13-18H2/t23-/m1/s1. The molecule has 182 valence electrons. The van der Waals surface area contributed by atoms with Crippen LogP contribution < -0.4 is 9.47 Å². The van der Waals surface area contributed by atoms with Crippen LogP contribution in [0.3, 0.4) is 0 Å². The van der Waals surface area contributed by atoms with Crippen LogP contribution in [-0.4, -0.2) is 56.4 Å². The monoisotopic (exact) mass is 484 g/mol. The van der Waals surface area contributed by atoms with Crippen LogP contribution in [0.15, 0.2) is 47.4 Å². The highest BCUT2D eigenvalue weighted by molar-refractivity contribution is 7.89. The van der Waals surface area contributed by atoms with E-state index < -0.39 is 10.0 Å². The molecule has 0 bridgehead atoms. The van der Waals surface area contributed by atoms with E-state index in [9.17, 15) is 13.2 Å². The van der Waals surface area contributed by atoms with Gasteiger partial charge in [0.25, 0.3) is 0 Å². The van der Waals surface area contributed by atoms with Crippen molar-refractivity contribution in [1.82, 2.24) is 9.21 Å². The molecule has 0 aliphatic carbocycles. The number of sulfonamides is 1. The number of nitrogens with zero attached hydrogens (tertiary/aromatic N) is 2. The van der Waals surface area contributed by atoms with Crippen molar-refractivity contribution >= 4 is 15.9 Å². The lowest BCUT2D eigenvalue weighted by Gasteiger charge is -2.26. The van der Waals surface area contributed by atoms with Gasteiger partial charge in [-0.15, -0.1) is 0 Å². The van der Waals surface area contributed by atoms with Gasteiger partial charge in [0.1, 0.15) is 0 Å². The summed E-state index contributed by atoms with van der Waals surface area (Å²) in [5.41, 5.74) is 2.06. The summed E-state index contributed by atoms with van der Waals surface area (Å²) < 4.78 is 38.6. The Labute approximate surface area is 201 Å². The number of carbonyl (C=O) groups is 1. The van der Waals surface area contributed by atoms with Crippen LogP contribution >= 0.6 is 0 Å². The third-order valence-corrected chi connectivity index (χ3v) is 8.90. The van der Waals surface area contributed by atoms with Gasteiger partial charge in [-0.1, -0.05) is 18.2 Å². The van der Waals surface area contributed by atoms with E-state index in [1.165, 1.54) is 0 Å². The molecule has 2 aromatic rings. The Morgan fingerprint density at radius 1 is 0.882 bits per heavy atom. The molecule has 3 aliphatic heterocycles. The lowest BCUT2D eigenvalue weighted by molar-refractivity contribution is -0.132. The predicted octanol–water partition coefficient (Wildman–Crippen LogP) is 3.93. The number of fused-ring (bicyclic) bond motifs is 1. The van der Waals surface area contributed by atoms with Crippen LogP contribution in [0.2, 0.25) is 0 Å². The van der Waals surface area contributed by atoms with Gasteiger partial charge in [-0.3, -0.25) is 4.79 Å². The summed E-state index contributed by atoms with van der Waals surface area (Å²) in [4.78, 5) is 15.4. The average molecular weight is 485 g/mol. The number of likely N-dealkylation sites (tertiary alicyclic amines) is 1. The molecule has 2 fully saturated rings. The minimum atomic E-state index is -3.41. The van der Waals surface area contributed by atoms with E-state index in [-0.39, 0.29) is 11.9 Å². The van der Waals surface area contributed by atoms with Crippen LogP contribution in [0, 0.1) is 0 Å². The molecule has 1 atom stereocenters. The molecule has 3 heterocycles.